The van der Waals surface area contributed by atoms with E-state index in [1.165, 1.54) is 47.1 Å². The van der Waals surface area contributed by atoms with E-state index in [0.717, 1.165) is 24.2 Å². The summed E-state index contributed by atoms with van der Waals surface area (Å²) in [5.41, 5.74) is 7.79. The van der Waals surface area contributed by atoms with E-state index in [1.54, 1.807) is 0 Å². The molecule has 5 nitrogen and oxygen atoms in total. The van der Waals surface area contributed by atoms with Crippen molar-refractivity contribution in [2.75, 3.05) is 6.54 Å². The molecule has 0 saturated heterocycles. The van der Waals surface area contributed by atoms with Crippen molar-refractivity contribution in [3.05, 3.63) is 88.5 Å². The average Bonchev–Trinajstić information content (AvgIpc) is 2.92. The fraction of sp³-hybridized carbons (Fsp3) is 0.412. The molecule has 0 radical (unpaired) electrons. The standard InChI is InChI=1S/C34H41NO4/c1-22(2)25-10-12-26(13-11-25)32-23(3)20-30(21-24(32)4)39-33(27-8-6-5-7-9-27)28-14-16-29(17-15-28)34(38)35-19-18-31(36)37/h10-17,20-22,27,33H,5-9,18-19H2,1-4H3,(H,35,38)(H,36,37). The number of rotatable bonds is 10. The SMILES string of the molecule is Cc1cc(OC(c2ccc(C(=O)NCCC(=O)O)cc2)C2CCCCC2)cc(C)c1-c1ccc(C(C)C)cc1. The van der Waals surface area contributed by atoms with Crippen molar-refractivity contribution >= 4 is 11.9 Å². The van der Waals surface area contributed by atoms with Gasteiger partial charge < -0.3 is 15.2 Å². The Bertz CT molecular complexity index is 1250. The predicted molar refractivity (Wildman–Crippen MR) is 156 cm³/mol. The maximum atomic E-state index is 12.4. The molecule has 0 heterocycles. The topological polar surface area (TPSA) is 75.6 Å². The fourth-order valence-electron chi connectivity index (χ4n) is 5.71. The van der Waals surface area contributed by atoms with Crippen molar-refractivity contribution < 1.29 is 19.4 Å². The molecule has 1 amide bonds. The second kappa shape index (κ2) is 13.0. The molecule has 0 aromatic heterocycles. The van der Waals surface area contributed by atoms with E-state index in [0.29, 0.717) is 17.4 Å². The van der Waals surface area contributed by atoms with Crippen LogP contribution in [-0.4, -0.2) is 23.5 Å². The number of ether oxygens (including phenoxy) is 1. The zero-order chi connectivity index (χ0) is 27.9. The third kappa shape index (κ3) is 7.29. The van der Waals surface area contributed by atoms with Crippen molar-refractivity contribution in [3.63, 3.8) is 0 Å². The van der Waals surface area contributed by atoms with Gasteiger partial charge in [0.2, 0.25) is 0 Å². The van der Waals surface area contributed by atoms with Crippen LogP contribution < -0.4 is 10.1 Å². The van der Waals surface area contributed by atoms with Crippen LogP contribution in [-0.2, 0) is 4.79 Å². The highest BCUT2D eigenvalue weighted by molar-refractivity contribution is 5.94. The fourth-order valence-corrected chi connectivity index (χ4v) is 5.71. The van der Waals surface area contributed by atoms with E-state index in [9.17, 15) is 9.59 Å². The van der Waals surface area contributed by atoms with Gasteiger partial charge in [-0.2, -0.15) is 0 Å². The Labute approximate surface area is 232 Å². The van der Waals surface area contributed by atoms with Crippen LogP contribution in [0.5, 0.6) is 5.75 Å². The summed E-state index contributed by atoms with van der Waals surface area (Å²) >= 11 is 0. The summed E-state index contributed by atoms with van der Waals surface area (Å²) in [4.78, 5) is 23.2. The molecule has 1 atom stereocenters. The maximum absolute atomic E-state index is 12.4. The van der Waals surface area contributed by atoms with Crippen LogP contribution in [0.2, 0.25) is 0 Å². The number of amides is 1. The summed E-state index contributed by atoms with van der Waals surface area (Å²) in [5, 5.41) is 11.5. The van der Waals surface area contributed by atoms with Gasteiger partial charge in [0.15, 0.2) is 0 Å². The Morgan fingerprint density at radius 2 is 1.49 bits per heavy atom. The Hall–Kier alpha value is -3.60. The lowest BCUT2D eigenvalue weighted by Gasteiger charge is -2.31. The molecule has 206 valence electrons. The Morgan fingerprint density at radius 1 is 0.897 bits per heavy atom. The van der Waals surface area contributed by atoms with Gasteiger partial charge in [0.25, 0.3) is 5.91 Å². The van der Waals surface area contributed by atoms with Crippen LogP contribution in [0.3, 0.4) is 0 Å². The van der Waals surface area contributed by atoms with Crippen LogP contribution in [0.4, 0.5) is 0 Å². The lowest BCUT2D eigenvalue weighted by molar-refractivity contribution is -0.136. The maximum Gasteiger partial charge on any atom is 0.305 e. The molecule has 3 aromatic rings. The number of nitrogens with one attached hydrogen (secondary N) is 1. The Balaban J connectivity index is 1.56. The largest absolute Gasteiger partial charge is 0.485 e. The van der Waals surface area contributed by atoms with E-state index in [1.807, 2.05) is 24.3 Å². The molecule has 2 N–H and O–H groups in total. The number of carbonyl (C=O) groups excluding carboxylic acids is 1. The minimum atomic E-state index is -0.930. The predicted octanol–water partition coefficient (Wildman–Crippen LogP) is 8.00. The van der Waals surface area contributed by atoms with Crippen LogP contribution >= 0.6 is 0 Å². The highest BCUT2D eigenvalue weighted by atomic mass is 16.5. The second-order valence-corrected chi connectivity index (χ2v) is 11.2. The number of carboxylic acid groups (broad SMARTS) is 1. The van der Waals surface area contributed by atoms with Crippen LogP contribution in [0.1, 0.15) is 97.0 Å². The Kier molecular flexibility index (Phi) is 9.45. The number of carbonyl (C=O) groups is 2. The molecular formula is C34H41NO4. The van der Waals surface area contributed by atoms with Crippen LogP contribution in [0.25, 0.3) is 11.1 Å². The van der Waals surface area contributed by atoms with Gasteiger partial charge in [0.1, 0.15) is 11.9 Å². The lowest BCUT2D eigenvalue weighted by Crippen LogP contribution is -2.26. The monoisotopic (exact) mass is 527 g/mol. The molecule has 39 heavy (non-hydrogen) atoms. The van der Waals surface area contributed by atoms with Gasteiger partial charge in [-0.25, -0.2) is 0 Å². The van der Waals surface area contributed by atoms with Crippen LogP contribution in [0.15, 0.2) is 60.7 Å². The number of benzene rings is 3. The number of aliphatic carboxylic acids is 1. The number of hydrogen-bond donors (Lipinski definition) is 2. The van der Waals surface area contributed by atoms with Gasteiger partial charge in [-0.1, -0.05) is 69.5 Å². The van der Waals surface area contributed by atoms with E-state index < -0.39 is 5.97 Å². The first-order valence-corrected chi connectivity index (χ1v) is 14.2. The summed E-state index contributed by atoms with van der Waals surface area (Å²) in [6, 6.07) is 20.8. The quantitative estimate of drug-likeness (QED) is 0.280. The van der Waals surface area contributed by atoms with Crippen molar-refractivity contribution in [1.29, 1.82) is 0 Å². The first-order valence-electron chi connectivity index (χ1n) is 14.2. The molecule has 0 aliphatic heterocycles. The first-order chi connectivity index (χ1) is 18.7. The van der Waals surface area contributed by atoms with Gasteiger partial charge >= 0.3 is 5.97 Å². The highest BCUT2D eigenvalue weighted by Gasteiger charge is 2.27. The normalized spacial score (nSPS) is 14.7. The summed E-state index contributed by atoms with van der Waals surface area (Å²) < 4.78 is 6.77. The number of hydrogen-bond acceptors (Lipinski definition) is 3. The minimum Gasteiger partial charge on any atom is -0.485 e. The van der Waals surface area contributed by atoms with Gasteiger partial charge in [0, 0.05) is 18.0 Å². The molecule has 4 rings (SSSR count). The summed E-state index contributed by atoms with van der Waals surface area (Å²) in [6.07, 6.45) is 5.74. The third-order valence-corrected chi connectivity index (χ3v) is 7.84. The van der Waals surface area contributed by atoms with Gasteiger partial charge in [-0.3, -0.25) is 9.59 Å². The molecule has 1 saturated carbocycles. The lowest BCUT2D eigenvalue weighted by atomic mass is 9.82. The van der Waals surface area contributed by atoms with Crippen LogP contribution in [0, 0.1) is 19.8 Å². The summed E-state index contributed by atoms with van der Waals surface area (Å²) in [5.74, 6) is 0.604. The molecule has 3 aromatic carbocycles. The molecule has 1 fully saturated rings. The molecule has 0 bridgehead atoms. The van der Waals surface area contributed by atoms with Crippen molar-refractivity contribution in [2.24, 2.45) is 5.92 Å². The van der Waals surface area contributed by atoms with Gasteiger partial charge in [-0.05, 0) is 90.3 Å². The highest BCUT2D eigenvalue weighted by Crippen LogP contribution is 2.39. The molecule has 1 aliphatic carbocycles. The van der Waals surface area contributed by atoms with E-state index in [2.05, 4.69) is 69.4 Å². The molecule has 1 aliphatic rings. The van der Waals surface area contributed by atoms with E-state index in [4.69, 9.17) is 9.84 Å². The smallest absolute Gasteiger partial charge is 0.305 e. The zero-order valence-corrected chi connectivity index (χ0v) is 23.6. The van der Waals surface area contributed by atoms with Crippen molar-refractivity contribution in [2.45, 2.75) is 78.2 Å². The molecule has 5 heteroatoms. The second-order valence-electron chi connectivity index (χ2n) is 11.2. The Morgan fingerprint density at radius 3 is 2.05 bits per heavy atom. The van der Waals surface area contributed by atoms with E-state index in [-0.39, 0.29) is 25.0 Å². The number of carboxylic acids is 1. The average molecular weight is 528 g/mol. The number of aryl methyl sites for hydroxylation is 2. The van der Waals surface area contributed by atoms with Crippen molar-refractivity contribution in [3.8, 4) is 16.9 Å². The minimum absolute atomic E-state index is 0.0932. The van der Waals surface area contributed by atoms with Gasteiger partial charge in [-0.15, -0.1) is 0 Å². The first kappa shape index (κ1) is 28.4. The molecular weight excluding hydrogens is 486 g/mol. The third-order valence-electron chi connectivity index (χ3n) is 7.84. The molecule has 1 unspecified atom stereocenters. The van der Waals surface area contributed by atoms with Crippen molar-refractivity contribution in [1.82, 2.24) is 5.32 Å². The zero-order valence-electron chi connectivity index (χ0n) is 23.6. The summed E-state index contributed by atoms with van der Waals surface area (Å²) in [7, 11) is 0. The van der Waals surface area contributed by atoms with Gasteiger partial charge in [0.05, 0.1) is 6.42 Å². The molecule has 0 spiro atoms. The van der Waals surface area contributed by atoms with E-state index >= 15 is 0 Å². The summed E-state index contributed by atoms with van der Waals surface area (Å²) in [6.45, 7) is 8.84.